The summed E-state index contributed by atoms with van der Waals surface area (Å²) in [5.41, 5.74) is 0. The van der Waals surface area contributed by atoms with Gasteiger partial charge in [0.2, 0.25) is 0 Å². The minimum Gasteiger partial charge on any atom is -0.573 e. The van der Waals surface area contributed by atoms with Crippen molar-refractivity contribution in [3.05, 3.63) is 13.6 Å². The molecule has 0 fully saturated rings. The SMILES string of the molecule is CN[C-](C)NC.[C-]=O.[CH3-].[Ru+3]. The molecule has 62 valence electrons. The van der Waals surface area contributed by atoms with Gasteiger partial charge in [-0.2, -0.15) is 13.1 Å². The van der Waals surface area contributed by atoms with Crippen molar-refractivity contribution in [2.75, 3.05) is 14.1 Å². The molecule has 0 aromatic carbocycles. The van der Waals surface area contributed by atoms with E-state index < -0.39 is 0 Å². The molecule has 0 aromatic rings. The van der Waals surface area contributed by atoms with Gasteiger partial charge in [-0.05, 0) is 14.1 Å². The van der Waals surface area contributed by atoms with Gasteiger partial charge in [-0.1, -0.05) is 0 Å². The van der Waals surface area contributed by atoms with E-state index in [9.17, 15) is 0 Å². The van der Waals surface area contributed by atoms with Crippen LogP contribution in [0.15, 0.2) is 0 Å². The summed E-state index contributed by atoms with van der Waals surface area (Å²) in [5, 5.41) is 5.84. The zero-order valence-corrected chi connectivity index (χ0v) is 8.50. The Bertz CT molecular complexity index is 42.7. The second kappa shape index (κ2) is 22.9. The van der Waals surface area contributed by atoms with Gasteiger partial charge in [0.15, 0.2) is 0 Å². The largest absolute Gasteiger partial charge is 3.00 e. The Balaban J connectivity index is -0.0000000412. The molecule has 0 saturated carbocycles. The zero-order valence-electron chi connectivity index (χ0n) is 6.76. The van der Waals surface area contributed by atoms with Crippen molar-refractivity contribution < 1.29 is 24.3 Å². The molecule has 2 N–H and O–H groups in total. The molecular weight excluding hydrogens is 217 g/mol. The van der Waals surface area contributed by atoms with Gasteiger partial charge in [0.25, 0.3) is 0 Å². The first-order valence-electron chi connectivity index (χ1n) is 2.20. The van der Waals surface area contributed by atoms with Crippen LogP contribution in [0.3, 0.4) is 0 Å². The van der Waals surface area contributed by atoms with E-state index in [1.165, 1.54) is 0 Å². The minimum atomic E-state index is 0. The molecule has 0 aliphatic rings. The minimum absolute atomic E-state index is 0. The average Bonchev–Trinajstić information content (AvgIpc) is 1.91. The molecule has 0 atom stereocenters. The van der Waals surface area contributed by atoms with Crippen LogP contribution in [-0.4, -0.2) is 20.9 Å². The van der Waals surface area contributed by atoms with Crippen LogP contribution in [0.5, 0.6) is 0 Å². The molecule has 3 nitrogen and oxygen atoms in total. The molecule has 0 unspecified atom stereocenters. The van der Waals surface area contributed by atoms with Gasteiger partial charge in [-0.15, -0.1) is 0 Å². The Morgan fingerprint density at radius 2 is 1.40 bits per heavy atom. The van der Waals surface area contributed by atoms with Gasteiger partial charge in [0, 0.05) is 0 Å². The fraction of sp³-hybridized carbons (Fsp3) is 0.500. The molecule has 0 aromatic heterocycles. The van der Waals surface area contributed by atoms with Crippen molar-refractivity contribution in [1.29, 1.82) is 0 Å². The third-order valence-electron chi connectivity index (χ3n) is 0.750. The fourth-order valence-electron chi connectivity index (χ4n) is 0.125. The molecule has 0 amide bonds. The fourth-order valence-corrected chi connectivity index (χ4v) is 0.125. The summed E-state index contributed by atoms with van der Waals surface area (Å²) in [6.45, 7) is 6.47. The second-order valence-electron chi connectivity index (χ2n) is 1.12. The number of hydrogen-bond donors (Lipinski definition) is 2. The smallest absolute Gasteiger partial charge is 0.573 e. The Hall–Kier alpha value is 0.213. The molecule has 4 heteroatoms. The van der Waals surface area contributed by atoms with Crippen molar-refractivity contribution in [3.8, 4) is 0 Å². The zero-order chi connectivity index (χ0) is 6.99. The van der Waals surface area contributed by atoms with Crippen molar-refractivity contribution >= 4 is 6.79 Å². The predicted molar refractivity (Wildman–Crippen MR) is 39.1 cm³/mol. The van der Waals surface area contributed by atoms with Crippen LogP contribution in [0.4, 0.5) is 0 Å². The average molecular weight is 231 g/mol. The first kappa shape index (κ1) is 22.5. The monoisotopic (exact) mass is 232 g/mol. The summed E-state index contributed by atoms with van der Waals surface area (Å²) in [7, 11) is 3.76. The van der Waals surface area contributed by atoms with Crippen LogP contribution in [0.25, 0.3) is 0 Å². The molecule has 0 saturated heterocycles. The molecule has 0 heterocycles. The standard InChI is InChI=1S/C4H11N2.CO.CH3.Ru/c1-4(5-2)6-3;1-2;;/h5-6H,1-3H3;;1H3;/q3*-1;+3. The summed E-state index contributed by atoms with van der Waals surface area (Å²) in [6.07, 6.45) is 1.09. The Morgan fingerprint density at radius 3 is 1.40 bits per heavy atom. The molecule has 0 rings (SSSR count). The van der Waals surface area contributed by atoms with Crippen molar-refractivity contribution in [3.63, 3.8) is 0 Å². The number of carbonyl (C=O) groups excluding carboxylic acids is 1. The maximum Gasteiger partial charge on any atom is 3.00 e. The Morgan fingerprint density at radius 1 is 1.20 bits per heavy atom. The van der Waals surface area contributed by atoms with Gasteiger partial charge in [0.05, 0.1) is 0 Å². The molecule has 0 aliphatic heterocycles. The number of hydrogen-bond acceptors (Lipinski definition) is 3. The van der Waals surface area contributed by atoms with Crippen LogP contribution in [0.2, 0.25) is 0 Å². The van der Waals surface area contributed by atoms with Gasteiger partial charge in [-0.25, -0.2) is 0 Å². The third kappa shape index (κ3) is 24.1. The second-order valence-corrected chi connectivity index (χ2v) is 1.12. The van der Waals surface area contributed by atoms with E-state index in [2.05, 4.69) is 17.4 Å². The topological polar surface area (TPSA) is 41.1 Å². The molecule has 10 heavy (non-hydrogen) atoms. The summed E-state index contributed by atoms with van der Waals surface area (Å²) < 4.78 is 0. The van der Waals surface area contributed by atoms with Gasteiger partial charge >= 0.3 is 19.5 Å². The van der Waals surface area contributed by atoms with Crippen molar-refractivity contribution in [2.24, 2.45) is 0 Å². The van der Waals surface area contributed by atoms with E-state index in [0.717, 1.165) is 6.17 Å². The summed E-state index contributed by atoms with van der Waals surface area (Å²) in [4.78, 5) is 7.50. The third-order valence-corrected chi connectivity index (χ3v) is 0.750. The predicted octanol–water partition coefficient (Wildman–Crippen LogP) is -0.0147. The number of nitrogens with one attached hydrogen (secondary N) is 2. The van der Waals surface area contributed by atoms with Crippen LogP contribution < -0.4 is 10.6 Å². The summed E-state index contributed by atoms with van der Waals surface area (Å²) in [5.74, 6) is 0. The van der Waals surface area contributed by atoms with Crippen molar-refractivity contribution in [2.45, 2.75) is 6.92 Å². The first-order chi connectivity index (χ1) is 3.81. The Kier molecular flexibility index (Phi) is 51.4. The maximum atomic E-state index is 7.50. The molecule has 0 aliphatic carbocycles. The van der Waals surface area contributed by atoms with Crippen molar-refractivity contribution in [1.82, 2.24) is 10.6 Å². The van der Waals surface area contributed by atoms with Crippen LogP contribution in [0.1, 0.15) is 6.92 Å². The van der Waals surface area contributed by atoms with Gasteiger partial charge < -0.3 is 29.6 Å². The number of rotatable bonds is 2. The van der Waals surface area contributed by atoms with Crippen LogP contribution in [0, 0.1) is 13.6 Å². The van der Waals surface area contributed by atoms with E-state index in [-0.39, 0.29) is 26.9 Å². The van der Waals surface area contributed by atoms with E-state index >= 15 is 0 Å². The van der Waals surface area contributed by atoms with Crippen LogP contribution in [-0.2, 0) is 24.3 Å². The van der Waals surface area contributed by atoms with Crippen LogP contribution >= 0.6 is 0 Å². The Labute approximate surface area is 76.7 Å². The summed E-state index contributed by atoms with van der Waals surface area (Å²) >= 11 is 0. The normalized spacial score (nSPS) is 6.40. The van der Waals surface area contributed by atoms with Gasteiger partial charge in [-0.3, -0.25) is 0 Å². The quantitative estimate of drug-likeness (QED) is 0.518. The van der Waals surface area contributed by atoms with E-state index in [0.29, 0.717) is 0 Å². The summed E-state index contributed by atoms with van der Waals surface area (Å²) in [6, 6.07) is 0. The first-order valence-corrected chi connectivity index (χ1v) is 2.20. The molecular formula is C6H14N2ORu. The maximum absolute atomic E-state index is 7.50. The van der Waals surface area contributed by atoms with E-state index in [1.807, 2.05) is 21.0 Å². The molecule has 0 bridgehead atoms. The molecule has 0 spiro atoms. The molecule has 2 radical (unpaired) electrons. The van der Waals surface area contributed by atoms with Gasteiger partial charge in [0.1, 0.15) is 0 Å². The van der Waals surface area contributed by atoms with E-state index in [4.69, 9.17) is 4.79 Å². The van der Waals surface area contributed by atoms with E-state index in [1.54, 1.807) is 0 Å².